The van der Waals surface area contributed by atoms with E-state index in [1.54, 1.807) is 0 Å². The van der Waals surface area contributed by atoms with E-state index < -0.39 is 9.75 Å². The highest BCUT2D eigenvalue weighted by Gasteiger charge is 2.54. The predicted octanol–water partition coefficient (Wildman–Crippen LogP) is 7.34. The minimum Gasteiger partial charge on any atom is -0.109 e. The highest BCUT2D eigenvalue weighted by Crippen LogP contribution is 2.55. The summed E-state index contributed by atoms with van der Waals surface area (Å²) in [5.41, 5.74) is 2.37. The van der Waals surface area contributed by atoms with Gasteiger partial charge in [-0.05, 0) is 25.7 Å². The lowest BCUT2D eigenvalue weighted by Gasteiger charge is -2.45. The second-order valence-corrected chi connectivity index (χ2v) is 8.72. The molecule has 2 aliphatic carbocycles. The van der Waals surface area contributed by atoms with Gasteiger partial charge in [-0.25, -0.2) is 0 Å². The van der Waals surface area contributed by atoms with Crippen molar-refractivity contribution in [1.29, 1.82) is 0 Å². The van der Waals surface area contributed by atoms with Gasteiger partial charge in [-0.2, -0.15) is 0 Å². The molecule has 0 saturated heterocycles. The molecule has 2 heteroatoms. The zero-order valence-electron chi connectivity index (χ0n) is 15.0. The molecule has 0 aromatic rings. The lowest BCUT2D eigenvalue weighted by atomic mass is 9.68. The van der Waals surface area contributed by atoms with Crippen LogP contribution in [0.4, 0.5) is 0 Å². The van der Waals surface area contributed by atoms with Crippen LogP contribution < -0.4 is 0 Å². The molecule has 0 aromatic carbocycles. The number of allylic oxidation sites excluding steroid dienone is 8. The molecule has 2 aliphatic rings. The number of halogens is 2. The second-order valence-electron chi connectivity index (χ2n) is 7.47. The largest absolute Gasteiger partial charge is 0.109 e. The van der Waals surface area contributed by atoms with Gasteiger partial charge in [0.15, 0.2) is 0 Å². The zero-order valence-corrected chi connectivity index (χ0v) is 16.5. The van der Waals surface area contributed by atoms with E-state index in [0.29, 0.717) is 0 Å². The molecule has 0 spiro atoms. The van der Waals surface area contributed by atoms with Gasteiger partial charge in [0, 0.05) is 5.41 Å². The van der Waals surface area contributed by atoms with E-state index in [2.05, 4.69) is 64.2 Å². The molecule has 0 aromatic heterocycles. The maximum atomic E-state index is 7.05. The third-order valence-electron chi connectivity index (χ3n) is 5.42. The Morgan fingerprint density at radius 3 is 1.57 bits per heavy atom. The fraction of sp³-hybridized carbons (Fsp3) is 0.619. The summed E-state index contributed by atoms with van der Waals surface area (Å²) in [6, 6.07) is 0. The Hall–Kier alpha value is -0.460. The molecule has 0 radical (unpaired) electrons. The summed E-state index contributed by atoms with van der Waals surface area (Å²) in [7, 11) is 0. The Labute approximate surface area is 152 Å². The van der Waals surface area contributed by atoms with E-state index in [9.17, 15) is 0 Å². The van der Waals surface area contributed by atoms with Crippen molar-refractivity contribution in [3.63, 3.8) is 0 Å². The van der Waals surface area contributed by atoms with Crippen LogP contribution in [-0.2, 0) is 0 Å². The first kappa shape index (κ1) is 18.9. The van der Waals surface area contributed by atoms with Gasteiger partial charge < -0.3 is 0 Å². The molecule has 2 unspecified atom stereocenters. The van der Waals surface area contributed by atoms with Gasteiger partial charge in [0.05, 0.1) is 9.75 Å². The predicted molar refractivity (Wildman–Crippen MR) is 104 cm³/mol. The van der Waals surface area contributed by atoms with Crippen molar-refractivity contribution in [1.82, 2.24) is 0 Å². The quantitative estimate of drug-likeness (QED) is 0.400. The molecule has 0 heterocycles. The van der Waals surface area contributed by atoms with E-state index in [0.717, 1.165) is 12.8 Å². The van der Waals surface area contributed by atoms with E-state index in [1.807, 2.05) is 0 Å². The first-order chi connectivity index (χ1) is 10.8. The van der Waals surface area contributed by atoms with E-state index in [-0.39, 0.29) is 5.41 Å². The fourth-order valence-corrected chi connectivity index (χ4v) is 4.10. The minimum atomic E-state index is -0.529. The average Bonchev–Trinajstić information content (AvgIpc) is 3.08. The van der Waals surface area contributed by atoms with Crippen LogP contribution in [0, 0.1) is 5.41 Å². The zero-order chi connectivity index (χ0) is 17.1. The van der Waals surface area contributed by atoms with E-state index >= 15 is 0 Å². The van der Waals surface area contributed by atoms with Crippen LogP contribution in [0.25, 0.3) is 0 Å². The Kier molecular flexibility index (Phi) is 5.90. The summed E-state index contributed by atoms with van der Waals surface area (Å²) >= 11 is 14.1. The van der Waals surface area contributed by atoms with Gasteiger partial charge >= 0.3 is 0 Å². The lowest BCUT2D eigenvalue weighted by molar-refractivity contribution is 0.292. The average molecular weight is 353 g/mol. The number of hydrogen-bond acceptors (Lipinski definition) is 0. The van der Waals surface area contributed by atoms with E-state index in [4.69, 9.17) is 23.2 Å². The first-order valence-electron chi connectivity index (χ1n) is 8.98. The van der Waals surface area contributed by atoms with Crippen LogP contribution in [0.15, 0.2) is 47.6 Å². The number of rotatable bonds is 8. The minimum absolute atomic E-state index is 0.307. The topological polar surface area (TPSA) is 0 Å². The fourth-order valence-electron chi connectivity index (χ4n) is 3.33. The number of hydrogen-bond donors (Lipinski definition) is 0. The third kappa shape index (κ3) is 3.64. The van der Waals surface area contributed by atoms with Gasteiger partial charge in [-0.3, -0.25) is 0 Å². The highest BCUT2D eigenvalue weighted by molar-refractivity contribution is 6.32. The standard InChI is InChI=1S/C21H30Cl2/c1-5-7-9-17-11-13-20(22,15-17)19(3,4)21(23)14-12-18(16-21)10-8-6-2/h11-16H,5-10H2,1-4H3. The molecule has 23 heavy (non-hydrogen) atoms. The molecular weight excluding hydrogens is 323 g/mol. The van der Waals surface area contributed by atoms with Crippen molar-refractivity contribution in [2.75, 3.05) is 0 Å². The van der Waals surface area contributed by atoms with Crippen LogP contribution in [0.5, 0.6) is 0 Å². The molecule has 0 N–H and O–H groups in total. The SMILES string of the molecule is CCCCC1=CC(Cl)(C(C)(C)C2(Cl)C=CC(CCCC)=C2)C=C1. The molecule has 0 bridgehead atoms. The van der Waals surface area contributed by atoms with Crippen molar-refractivity contribution in [3.8, 4) is 0 Å². The molecule has 0 amide bonds. The summed E-state index contributed by atoms with van der Waals surface area (Å²) < 4.78 is 0. The Bertz CT molecular complexity index is 502. The molecule has 0 nitrogen and oxygen atoms in total. The van der Waals surface area contributed by atoms with Crippen molar-refractivity contribution < 1.29 is 0 Å². The number of alkyl halides is 2. The Balaban J connectivity index is 2.22. The monoisotopic (exact) mass is 352 g/mol. The summed E-state index contributed by atoms with van der Waals surface area (Å²) in [6.45, 7) is 8.80. The molecule has 128 valence electrons. The van der Waals surface area contributed by atoms with Crippen molar-refractivity contribution in [3.05, 3.63) is 47.6 Å². The lowest BCUT2D eigenvalue weighted by Crippen LogP contribution is -2.48. The van der Waals surface area contributed by atoms with Gasteiger partial charge in [0.2, 0.25) is 0 Å². The summed E-state index contributed by atoms with van der Waals surface area (Å²) in [6.07, 6.45) is 20.1. The molecule has 2 rings (SSSR count). The smallest absolute Gasteiger partial charge is 0.0888 e. The van der Waals surface area contributed by atoms with E-state index in [1.165, 1.54) is 36.8 Å². The number of unbranched alkanes of at least 4 members (excludes halogenated alkanes) is 2. The van der Waals surface area contributed by atoms with Gasteiger partial charge in [-0.1, -0.05) is 88.1 Å². The van der Waals surface area contributed by atoms with Crippen LogP contribution >= 0.6 is 23.2 Å². The summed E-state index contributed by atoms with van der Waals surface area (Å²) in [5, 5.41) is 0. The third-order valence-corrected chi connectivity index (χ3v) is 6.84. The van der Waals surface area contributed by atoms with Crippen LogP contribution in [0.1, 0.15) is 66.2 Å². The van der Waals surface area contributed by atoms with Crippen molar-refractivity contribution in [2.24, 2.45) is 5.41 Å². The van der Waals surface area contributed by atoms with Crippen molar-refractivity contribution >= 4 is 23.2 Å². The van der Waals surface area contributed by atoms with Crippen LogP contribution in [0.3, 0.4) is 0 Å². The van der Waals surface area contributed by atoms with Crippen LogP contribution in [-0.4, -0.2) is 9.75 Å². The Morgan fingerprint density at radius 1 is 0.826 bits per heavy atom. The molecule has 0 saturated carbocycles. The summed E-state index contributed by atoms with van der Waals surface area (Å²) in [5.74, 6) is 0. The normalized spacial score (nSPS) is 30.0. The molecular formula is C21H30Cl2. The maximum absolute atomic E-state index is 7.05. The second kappa shape index (κ2) is 7.19. The van der Waals surface area contributed by atoms with Gasteiger partial charge in [0.25, 0.3) is 0 Å². The molecule has 0 aliphatic heterocycles. The maximum Gasteiger partial charge on any atom is 0.0888 e. The van der Waals surface area contributed by atoms with Gasteiger partial charge in [-0.15, -0.1) is 23.2 Å². The van der Waals surface area contributed by atoms with Gasteiger partial charge in [0.1, 0.15) is 0 Å². The van der Waals surface area contributed by atoms with Crippen LogP contribution in [0.2, 0.25) is 0 Å². The van der Waals surface area contributed by atoms with Crippen molar-refractivity contribution in [2.45, 2.75) is 76.0 Å². The summed E-state index contributed by atoms with van der Waals surface area (Å²) in [4.78, 5) is -1.06. The molecule has 0 fully saturated rings. The molecule has 2 atom stereocenters. The first-order valence-corrected chi connectivity index (χ1v) is 9.73. The highest BCUT2D eigenvalue weighted by atomic mass is 35.5. The Morgan fingerprint density at radius 2 is 1.22 bits per heavy atom.